The summed E-state index contributed by atoms with van der Waals surface area (Å²) in [5.41, 5.74) is 2.59. The number of rotatable bonds is 2. The van der Waals surface area contributed by atoms with Crippen LogP contribution < -0.4 is 10.9 Å². The minimum atomic E-state index is -4.59. The molecule has 0 aliphatic rings. The van der Waals surface area contributed by atoms with Gasteiger partial charge in [-0.2, -0.15) is 13.2 Å². The number of carbonyl (C=O) groups is 2. The fourth-order valence-corrected chi connectivity index (χ4v) is 1.76. The quantitative estimate of drug-likeness (QED) is 0.497. The van der Waals surface area contributed by atoms with Gasteiger partial charge in [0.1, 0.15) is 0 Å². The van der Waals surface area contributed by atoms with Crippen LogP contribution in [0.25, 0.3) is 0 Å². The Morgan fingerprint density at radius 2 is 1.42 bits per heavy atom. The Kier molecular flexibility index (Phi) is 4.63. The molecule has 24 heavy (non-hydrogen) atoms. The molecule has 2 aromatic carbocycles. The van der Waals surface area contributed by atoms with Crippen molar-refractivity contribution < 1.29 is 33.0 Å². The van der Waals surface area contributed by atoms with E-state index in [1.165, 1.54) is 6.07 Å². The van der Waals surface area contributed by atoms with E-state index in [9.17, 15) is 27.9 Å². The molecule has 0 spiro atoms. The number of hydrogen-bond donors (Lipinski definition) is 4. The van der Waals surface area contributed by atoms with Crippen LogP contribution in [0.1, 0.15) is 26.3 Å². The lowest BCUT2D eigenvalue weighted by atomic mass is 10.1. The van der Waals surface area contributed by atoms with Crippen LogP contribution in [-0.2, 0) is 6.18 Å². The normalized spacial score (nSPS) is 11.0. The third kappa shape index (κ3) is 3.94. The van der Waals surface area contributed by atoms with E-state index < -0.39 is 35.1 Å². The molecule has 2 amide bonds. The van der Waals surface area contributed by atoms with Crippen LogP contribution >= 0.6 is 0 Å². The number of carbonyl (C=O) groups excluding carboxylic acids is 2. The van der Waals surface area contributed by atoms with E-state index in [2.05, 4.69) is 0 Å². The molecule has 0 radical (unpaired) electrons. The summed E-state index contributed by atoms with van der Waals surface area (Å²) < 4.78 is 37.8. The van der Waals surface area contributed by atoms with Gasteiger partial charge < -0.3 is 10.2 Å². The zero-order valence-electron chi connectivity index (χ0n) is 11.9. The van der Waals surface area contributed by atoms with E-state index in [1.807, 2.05) is 10.9 Å². The molecule has 9 heteroatoms. The van der Waals surface area contributed by atoms with Crippen LogP contribution in [0.2, 0.25) is 0 Å². The SMILES string of the molecule is O=C(NNC(=O)c1ccc(O)c(O)c1)c1cccc(C(F)(F)F)c1. The maximum absolute atomic E-state index is 12.6. The van der Waals surface area contributed by atoms with Crippen molar-refractivity contribution in [2.24, 2.45) is 0 Å². The van der Waals surface area contributed by atoms with Gasteiger partial charge in [0, 0.05) is 11.1 Å². The number of phenolic OH excluding ortho intramolecular Hbond substituents is 2. The number of hydrogen-bond acceptors (Lipinski definition) is 4. The highest BCUT2D eigenvalue weighted by atomic mass is 19.4. The molecule has 4 N–H and O–H groups in total. The van der Waals surface area contributed by atoms with Gasteiger partial charge in [-0.05, 0) is 36.4 Å². The number of benzene rings is 2. The zero-order valence-corrected chi connectivity index (χ0v) is 11.9. The first-order valence-corrected chi connectivity index (χ1v) is 6.48. The number of hydrazine groups is 1. The molecule has 0 aromatic heterocycles. The van der Waals surface area contributed by atoms with Gasteiger partial charge in [0.2, 0.25) is 0 Å². The lowest BCUT2D eigenvalue weighted by Gasteiger charge is -2.10. The minimum absolute atomic E-state index is 0.0744. The molecule has 0 aliphatic carbocycles. The molecule has 6 nitrogen and oxygen atoms in total. The first-order chi connectivity index (χ1) is 11.2. The van der Waals surface area contributed by atoms with Crippen molar-refractivity contribution in [3.05, 3.63) is 59.2 Å². The highest BCUT2D eigenvalue weighted by Crippen LogP contribution is 2.29. The lowest BCUT2D eigenvalue weighted by Crippen LogP contribution is -2.41. The van der Waals surface area contributed by atoms with Crippen LogP contribution in [0, 0.1) is 0 Å². The molecule has 2 aromatic rings. The minimum Gasteiger partial charge on any atom is -0.504 e. The van der Waals surface area contributed by atoms with E-state index in [1.54, 1.807) is 0 Å². The van der Waals surface area contributed by atoms with Crippen molar-refractivity contribution in [1.29, 1.82) is 0 Å². The fourth-order valence-electron chi connectivity index (χ4n) is 1.76. The molecular weight excluding hydrogens is 329 g/mol. The van der Waals surface area contributed by atoms with E-state index in [0.29, 0.717) is 6.07 Å². The van der Waals surface area contributed by atoms with Gasteiger partial charge in [0.25, 0.3) is 11.8 Å². The summed E-state index contributed by atoms with van der Waals surface area (Å²) in [6, 6.07) is 6.89. The Bertz CT molecular complexity index is 791. The largest absolute Gasteiger partial charge is 0.504 e. The van der Waals surface area contributed by atoms with Crippen molar-refractivity contribution in [2.75, 3.05) is 0 Å². The number of alkyl halides is 3. The Labute approximate surface area is 133 Å². The van der Waals surface area contributed by atoms with E-state index >= 15 is 0 Å². The summed E-state index contributed by atoms with van der Waals surface area (Å²) in [6.07, 6.45) is -4.59. The maximum Gasteiger partial charge on any atom is 0.416 e. The molecule has 0 unspecified atom stereocenters. The standard InChI is InChI=1S/C15H11F3N2O4/c16-15(17,18)10-3-1-2-8(6-10)13(23)19-20-14(24)9-4-5-11(21)12(22)7-9/h1-7,21-22H,(H,19,23)(H,20,24). The predicted octanol–water partition coefficient (Wildman–Crippen LogP) is 2.19. The van der Waals surface area contributed by atoms with Crippen LogP contribution in [0.5, 0.6) is 11.5 Å². The number of nitrogens with one attached hydrogen (secondary N) is 2. The number of aromatic hydroxyl groups is 2. The molecule has 2 rings (SSSR count). The summed E-state index contributed by atoms with van der Waals surface area (Å²) in [5, 5.41) is 18.4. The second kappa shape index (κ2) is 6.49. The fraction of sp³-hybridized carbons (Fsp3) is 0.0667. The summed E-state index contributed by atoms with van der Waals surface area (Å²) in [6.45, 7) is 0. The monoisotopic (exact) mass is 340 g/mol. The molecule has 0 aliphatic heterocycles. The third-order valence-electron chi connectivity index (χ3n) is 2.98. The van der Waals surface area contributed by atoms with Gasteiger partial charge in [-0.1, -0.05) is 6.07 Å². The molecular formula is C15H11F3N2O4. The highest BCUT2D eigenvalue weighted by molar-refractivity contribution is 5.99. The van der Waals surface area contributed by atoms with Gasteiger partial charge in [-0.15, -0.1) is 0 Å². The van der Waals surface area contributed by atoms with E-state index in [0.717, 1.165) is 30.3 Å². The predicted molar refractivity (Wildman–Crippen MR) is 76.1 cm³/mol. The molecule has 126 valence electrons. The summed E-state index contributed by atoms with van der Waals surface area (Å²) in [7, 11) is 0. The first kappa shape index (κ1) is 17.1. The van der Waals surface area contributed by atoms with Gasteiger partial charge >= 0.3 is 6.18 Å². The molecule has 0 saturated carbocycles. The molecule has 0 heterocycles. The van der Waals surface area contributed by atoms with Crippen molar-refractivity contribution in [1.82, 2.24) is 10.9 Å². The second-order valence-corrected chi connectivity index (χ2v) is 4.69. The van der Waals surface area contributed by atoms with Gasteiger partial charge in [-0.3, -0.25) is 20.4 Å². The highest BCUT2D eigenvalue weighted by Gasteiger charge is 2.30. The van der Waals surface area contributed by atoms with Crippen molar-refractivity contribution in [3.63, 3.8) is 0 Å². The van der Waals surface area contributed by atoms with E-state index in [-0.39, 0.29) is 11.1 Å². The molecule has 0 atom stereocenters. The third-order valence-corrected chi connectivity index (χ3v) is 2.98. The zero-order chi connectivity index (χ0) is 17.9. The van der Waals surface area contributed by atoms with Crippen LogP contribution in [-0.4, -0.2) is 22.0 Å². The average Bonchev–Trinajstić information content (AvgIpc) is 2.54. The molecule has 0 bridgehead atoms. The summed E-state index contributed by atoms with van der Waals surface area (Å²) in [5.74, 6) is -2.74. The Morgan fingerprint density at radius 3 is 1.96 bits per heavy atom. The van der Waals surface area contributed by atoms with E-state index in [4.69, 9.17) is 5.11 Å². The topological polar surface area (TPSA) is 98.7 Å². The van der Waals surface area contributed by atoms with Crippen LogP contribution in [0.15, 0.2) is 42.5 Å². The van der Waals surface area contributed by atoms with Crippen molar-refractivity contribution in [3.8, 4) is 11.5 Å². The Hall–Kier alpha value is -3.23. The van der Waals surface area contributed by atoms with Crippen LogP contribution in [0.3, 0.4) is 0 Å². The Balaban J connectivity index is 2.05. The smallest absolute Gasteiger partial charge is 0.416 e. The van der Waals surface area contributed by atoms with Gasteiger partial charge in [0.05, 0.1) is 5.56 Å². The summed E-state index contributed by atoms with van der Waals surface area (Å²) >= 11 is 0. The molecule has 0 fully saturated rings. The lowest BCUT2D eigenvalue weighted by molar-refractivity contribution is -0.137. The maximum atomic E-state index is 12.6. The second-order valence-electron chi connectivity index (χ2n) is 4.69. The van der Waals surface area contributed by atoms with Gasteiger partial charge in [0.15, 0.2) is 11.5 Å². The number of phenols is 2. The van der Waals surface area contributed by atoms with Crippen molar-refractivity contribution >= 4 is 11.8 Å². The molecule has 0 saturated heterocycles. The average molecular weight is 340 g/mol. The first-order valence-electron chi connectivity index (χ1n) is 6.48. The number of amides is 2. The van der Waals surface area contributed by atoms with Gasteiger partial charge in [-0.25, -0.2) is 0 Å². The van der Waals surface area contributed by atoms with Crippen molar-refractivity contribution in [2.45, 2.75) is 6.18 Å². The summed E-state index contributed by atoms with van der Waals surface area (Å²) in [4.78, 5) is 23.6. The van der Waals surface area contributed by atoms with Crippen LogP contribution in [0.4, 0.5) is 13.2 Å². The number of halogens is 3. The Morgan fingerprint density at radius 1 is 0.833 bits per heavy atom.